The molecule has 4 heterocycles. The minimum atomic E-state index is -1.41. The van der Waals surface area contributed by atoms with Crippen LogP contribution in [0.5, 0.6) is 11.8 Å². The van der Waals surface area contributed by atoms with Crippen molar-refractivity contribution in [1.29, 1.82) is 0 Å². The lowest BCUT2D eigenvalue weighted by molar-refractivity contribution is 0.305. The lowest BCUT2D eigenvalue weighted by Crippen LogP contribution is -2.29. The molecule has 2 aliphatic rings. The van der Waals surface area contributed by atoms with Gasteiger partial charge in [-0.05, 0) is 121 Å². The van der Waals surface area contributed by atoms with Crippen LogP contribution >= 0.6 is 39.1 Å². The van der Waals surface area contributed by atoms with Crippen molar-refractivity contribution in [2.75, 3.05) is 0 Å². The van der Waals surface area contributed by atoms with Gasteiger partial charge in [0.2, 0.25) is 11.8 Å². The van der Waals surface area contributed by atoms with Crippen LogP contribution < -0.4 is 16.6 Å². The van der Waals surface area contributed by atoms with Crippen LogP contribution in [0, 0.1) is 13.8 Å². The maximum atomic E-state index is 12.8. The summed E-state index contributed by atoms with van der Waals surface area (Å²) in [5, 5.41) is 39.5. The average Bonchev–Trinajstić information content (AvgIpc) is 3.58. The molecule has 8 rings (SSSR count). The van der Waals surface area contributed by atoms with Crippen molar-refractivity contribution in [3.8, 4) is 45.1 Å². The number of fused-ring (bicyclic) bond motifs is 2. The van der Waals surface area contributed by atoms with E-state index < -0.39 is 7.12 Å². The Hall–Kier alpha value is -4.46. The van der Waals surface area contributed by atoms with Gasteiger partial charge < -0.3 is 20.3 Å². The molecule has 0 aliphatic carbocycles. The number of rotatable bonds is 4. The zero-order chi connectivity index (χ0) is 38.7. The average molecular weight is 834 g/mol. The molecule has 14 heteroatoms. The van der Waals surface area contributed by atoms with Gasteiger partial charge in [0.15, 0.2) is 0 Å². The van der Waals surface area contributed by atoms with E-state index in [1.807, 2.05) is 74.5 Å². The molecule has 0 amide bonds. The van der Waals surface area contributed by atoms with Crippen molar-refractivity contribution in [3.63, 3.8) is 0 Å². The van der Waals surface area contributed by atoms with Crippen molar-refractivity contribution >= 4 is 51.7 Å². The molecule has 2 aromatic heterocycles. The molecule has 10 nitrogen and oxygen atoms in total. The first-order chi connectivity index (χ1) is 25.8. The van der Waals surface area contributed by atoms with Crippen LogP contribution in [-0.4, -0.2) is 46.1 Å². The Labute approximate surface area is 331 Å². The second-order valence-corrected chi connectivity index (χ2v) is 15.1. The number of hydrogen-bond donors (Lipinski definition) is 4. The lowest BCUT2D eigenvalue weighted by Gasteiger charge is -2.16. The molecule has 54 heavy (non-hydrogen) atoms. The maximum absolute atomic E-state index is 12.8. The second kappa shape index (κ2) is 16.9. The molecule has 0 radical (unpaired) electrons. The van der Waals surface area contributed by atoms with E-state index in [9.17, 15) is 19.8 Å². The summed E-state index contributed by atoms with van der Waals surface area (Å²) < 4.78 is 7.61. The second-order valence-electron chi connectivity index (χ2n) is 13.3. The van der Waals surface area contributed by atoms with Gasteiger partial charge in [-0.3, -0.25) is 19.0 Å². The normalized spacial score (nSPS) is 13.2. The maximum Gasteiger partial charge on any atom is 0.488 e. The summed E-state index contributed by atoms with van der Waals surface area (Å²) >= 11 is 14.9. The summed E-state index contributed by atoms with van der Waals surface area (Å²) in [6.07, 6.45) is 3.93. The first-order valence-electron chi connectivity index (χ1n) is 17.7. The molecule has 0 saturated heterocycles. The van der Waals surface area contributed by atoms with E-state index in [1.54, 1.807) is 43.0 Å². The van der Waals surface area contributed by atoms with Crippen LogP contribution in [-0.2, 0) is 26.2 Å². The molecule has 0 spiro atoms. The third-order valence-corrected chi connectivity index (χ3v) is 10.7. The Kier molecular flexibility index (Phi) is 12.3. The van der Waals surface area contributed by atoms with Gasteiger partial charge in [0.1, 0.15) is 11.1 Å². The number of halogens is 3. The van der Waals surface area contributed by atoms with E-state index >= 15 is 0 Å². The molecule has 0 atom stereocenters. The Morgan fingerprint density at radius 1 is 0.574 bits per heavy atom. The largest absolute Gasteiger partial charge is 0.493 e. The Morgan fingerprint density at radius 3 is 1.44 bits per heavy atom. The molecule has 6 aromatic rings. The smallest absolute Gasteiger partial charge is 0.488 e. The van der Waals surface area contributed by atoms with Crippen molar-refractivity contribution < 1.29 is 20.3 Å². The SMILES string of the molecule is Cc1ccc(-c2ccc(Cl)cc2)cc1-c1c(O)n2n(c1=O)CCCC2.Cc1ccc(Br)cc1-c1c(O)n2n(c1=O)CCCC2.OB(O)c1ccc(Cl)cc1. The van der Waals surface area contributed by atoms with Gasteiger partial charge in [0.25, 0.3) is 11.1 Å². The van der Waals surface area contributed by atoms with Crippen LogP contribution in [0.1, 0.15) is 36.8 Å². The van der Waals surface area contributed by atoms with Gasteiger partial charge >= 0.3 is 7.12 Å². The van der Waals surface area contributed by atoms with Crippen LogP contribution in [0.25, 0.3) is 33.4 Å². The first kappa shape index (κ1) is 39.2. The molecular weight excluding hydrogens is 794 g/mol. The fourth-order valence-electron chi connectivity index (χ4n) is 6.78. The van der Waals surface area contributed by atoms with Gasteiger partial charge in [-0.15, -0.1) is 0 Å². The quantitative estimate of drug-likeness (QED) is 0.137. The predicted octanol–water partition coefficient (Wildman–Crippen LogP) is 7.35. The highest BCUT2D eigenvalue weighted by molar-refractivity contribution is 9.10. The Balaban J connectivity index is 0.000000151. The molecule has 0 saturated carbocycles. The van der Waals surface area contributed by atoms with Gasteiger partial charge in [-0.2, -0.15) is 0 Å². The number of hydrogen-bond acceptors (Lipinski definition) is 6. The third kappa shape index (κ3) is 8.28. The molecule has 0 bridgehead atoms. The monoisotopic (exact) mass is 832 g/mol. The topological polar surface area (TPSA) is 135 Å². The summed E-state index contributed by atoms with van der Waals surface area (Å²) in [4.78, 5) is 25.3. The van der Waals surface area contributed by atoms with Crippen LogP contribution in [0.3, 0.4) is 0 Å². The van der Waals surface area contributed by atoms with E-state index in [-0.39, 0.29) is 22.9 Å². The molecular formula is C40H40BBrCl2N4O6. The number of nitrogens with zero attached hydrogens (tertiary/aromatic N) is 4. The summed E-state index contributed by atoms with van der Waals surface area (Å²) in [7, 11) is -1.41. The zero-order valence-electron chi connectivity index (χ0n) is 29.8. The lowest BCUT2D eigenvalue weighted by atomic mass is 9.81. The molecule has 4 aromatic carbocycles. The van der Waals surface area contributed by atoms with Crippen molar-refractivity contribution in [2.45, 2.75) is 65.7 Å². The molecule has 0 fully saturated rings. The number of benzene rings is 4. The van der Waals surface area contributed by atoms with Crippen LogP contribution in [0.2, 0.25) is 10.0 Å². The standard InChI is InChI=1S/C20H19ClN2O2.C14H15BrN2O2.C6H6BClO2/c1-13-4-5-15(14-6-8-16(21)9-7-14)12-17(13)18-19(24)22-10-2-3-11-23(22)20(18)25;1-9-4-5-10(15)8-11(9)12-13(18)16-6-2-3-7-17(16)14(12)19;8-6-3-1-5(2-4-6)7(9)10/h4-9,12,24H,2-3,10-11H2,1H3;4-5,8,18H,2-3,6-7H2,1H3;1-4,9-10H. The fraction of sp³-hybridized carbons (Fsp3) is 0.250. The number of aryl methyl sites for hydroxylation is 2. The van der Waals surface area contributed by atoms with E-state index in [0.717, 1.165) is 63.5 Å². The minimum Gasteiger partial charge on any atom is -0.493 e. The van der Waals surface area contributed by atoms with Gasteiger partial charge in [0.05, 0.1) is 0 Å². The van der Waals surface area contributed by atoms with Gasteiger partial charge in [-0.1, -0.05) is 81.6 Å². The van der Waals surface area contributed by atoms with Crippen LogP contribution in [0.4, 0.5) is 0 Å². The molecule has 2 aliphatic heterocycles. The van der Waals surface area contributed by atoms with Gasteiger partial charge in [-0.25, -0.2) is 9.36 Å². The molecule has 0 unspecified atom stereocenters. The van der Waals surface area contributed by atoms with E-state index in [4.69, 9.17) is 33.2 Å². The van der Waals surface area contributed by atoms with Crippen molar-refractivity contribution in [2.24, 2.45) is 0 Å². The van der Waals surface area contributed by atoms with Crippen molar-refractivity contribution in [3.05, 3.63) is 131 Å². The van der Waals surface area contributed by atoms with Crippen molar-refractivity contribution in [1.82, 2.24) is 18.7 Å². The summed E-state index contributed by atoms with van der Waals surface area (Å²) in [6, 6.07) is 25.7. The Morgan fingerprint density at radius 2 is 0.981 bits per heavy atom. The minimum absolute atomic E-state index is 0.0704. The summed E-state index contributed by atoms with van der Waals surface area (Å²) in [6.45, 7) is 6.62. The highest BCUT2D eigenvalue weighted by Gasteiger charge is 2.25. The summed E-state index contributed by atoms with van der Waals surface area (Å²) in [5.74, 6) is 0.159. The molecule has 4 N–H and O–H groups in total. The van der Waals surface area contributed by atoms with Gasteiger partial charge in [0, 0.05) is 40.7 Å². The zero-order valence-corrected chi connectivity index (χ0v) is 32.9. The van der Waals surface area contributed by atoms with Crippen LogP contribution in [0.15, 0.2) is 99.0 Å². The fourth-order valence-corrected chi connectivity index (χ4v) is 7.40. The van der Waals surface area contributed by atoms with E-state index in [0.29, 0.717) is 52.8 Å². The predicted molar refractivity (Wildman–Crippen MR) is 219 cm³/mol. The number of aromatic nitrogens is 4. The first-order valence-corrected chi connectivity index (χ1v) is 19.2. The number of aromatic hydroxyl groups is 2. The molecule has 280 valence electrons. The highest BCUT2D eigenvalue weighted by atomic mass is 79.9. The highest BCUT2D eigenvalue weighted by Crippen LogP contribution is 2.35. The third-order valence-electron chi connectivity index (χ3n) is 9.72. The summed E-state index contributed by atoms with van der Waals surface area (Å²) in [5.41, 5.74) is 6.59. The van der Waals surface area contributed by atoms with E-state index in [1.165, 1.54) is 0 Å². The van der Waals surface area contributed by atoms with E-state index in [2.05, 4.69) is 15.9 Å². The Bertz CT molecular complexity index is 2400.